The number of likely N-dealkylation sites (N-methyl/N-ethyl adjacent to an activating group) is 1. The van der Waals surface area contributed by atoms with Crippen LogP contribution in [0.2, 0.25) is 0 Å². The van der Waals surface area contributed by atoms with Crippen molar-refractivity contribution in [3.8, 4) is 5.75 Å². The van der Waals surface area contributed by atoms with Crippen molar-refractivity contribution in [1.29, 1.82) is 0 Å². The maximum absolute atomic E-state index is 12.1. The van der Waals surface area contributed by atoms with Crippen LogP contribution in [0.15, 0.2) is 54.6 Å². The lowest BCUT2D eigenvalue weighted by atomic mass is 10.0. The Morgan fingerprint density at radius 3 is 2.26 bits per heavy atom. The van der Waals surface area contributed by atoms with E-state index in [1.165, 1.54) is 5.56 Å². The van der Waals surface area contributed by atoms with Crippen molar-refractivity contribution in [2.45, 2.75) is 12.8 Å². The van der Waals surface area contributed by atoms with E-state index in [1.807, 2.05) is 30.3 Å². The van der Waals surface area contributed by atoms with Crippen molar-refractivity contribution in [2.24, 2.45) is 0 Å². The van der Waals surface area contributed by atoms with Crippen molar-refractivity contribution in [3.05, 3.63) is 60.2 Å². The van der Waals surface area contributed by atoms with Crippen LogP contribution in [0, 0.1) is 0 Å². The molecule has 0 heterocycles. The second kappa shape index (κ2) is 10.3. The van der Waals surface area contributed by atoms with E-state index in [0.29, 0.717) is 12.2 Å². The van der Waals surface area contributed by atoms with Crippen molar-refractivity contribution in [1.82, 2.24) is 10.2 Å². The largest absolute Gasteiger partial charge is 0.497 e. The maximum atomic E-state index is 12.1. The van der Waals surface area contributed by atoms with Gasteiger partial charge in [-0.2, -0.15) is 0 Å². The molecule has 0 aliphatic heterocycles. The average Bonchev–Trinajstić information content (AvgIpc) is 2.67. The monoisotopic (exact) mass is 369 g/mol. The predicted molar refractivity (Wildman–Crippen MR) is 107 cm³/mol. The highest BCUT2D eigenvalue weighted by molar-refractivity contribution is 5.92. The Morgan fingerprint density at radius 1 is 1.00 bits per heavy atom. The van der Waals surface area contributed by atoms with Gasteiger partial charge >= 0.3 is 0 Å². The molecule has 2 aromatic carbocycles. The van der Waals surface area contributed by atoms with E-state index >= 15 is 0 Å². The minimum absolute atomic E-state index is 0.0995. The Hall–Kier alpha value is -2.86. The standard InChI is InChI=1S/C21H27N3O3/c1-16(17-7-5-4-6-8-17)13-22-20(25)14-24(2)15-21(26)23-18-9-11-19(27-3)12-10-18/h4-12,16H,13-15H2,1-3H3,(H,22,25)(H,23,26)/t16-/m0/s1. The van der Waals surface area contributed by atoms with Gasteiger partial charge in [0.05, 0.1) is 20.2 Å². The second-order valence-corrected chi connectivity index (χ2v) is 6.56. The van der Waals surface area contributed by atoms with Crippen LogP contribution in [0.25, 0.3) is 0 Å². The molecule has 0 unspecified atom stereocenters. The van der Waals surface area contributed by atoms with Crippen LogP contribution in [0.4, 0.5) is 5.69 Å². The molecule has 0 fully saturated rings. The third kappa shape index (κ3) is 7.11. The molecular formula is C21H27N3O3. The molecule has 1 atom stereocenters. The average molecular weight is 369 g/mol. The van der Waals surface area contributed by atoms with E-state index in [-0.39, 0.29) is 30.8 Å². The van der Waals surface area contributed by atoms with Gasteiger partial charge in [0.15, 0.2) is 0 Å². The van der Waals surface area contributed by atoms with Crippen molar-refractivity contribution in [2.75, 3.05) is 39.1 Å². The molecule has 6 nitrogen and oxygen atoms in total. The minimum Gasteiger partial charge on any atom is -0.497 e. The van der Waals surface area contributed by atoms with Gasteiger partial charge in [-0.1, -0.05) is 37.3 Å². The molecule has 0 saturated heterocycles. The summed E-state index contributed by atoms with van der Waals surface area (Å²) in [4.78, 5) is 25.9. The Balaban J connectivity index is 1.71. The zero-order chi connectivity index (χ0) is 19.6. The topological polar surface area (TPSA) is 70.7 Å². The Morgan fingerprint density at radius 2 is 1.63 bits per heavy atom. The number of rotatable bonds is 9. The number of amides is 2. The number of benzene rings is 2. The Labute approximate surface area is 160 Å². The summed E-state index contributed by atoms with van der Waals surface area (Å²) in [5, 5.41) is 5.72. The highest BCUT2D eigenvalue weighted by Gasteiger charge is 2.12. The normalized spacial score (nSPS) is 11.7. The molecule has 0 spiro atoms. The quantitative estimate of drug-likeness (QED) is 0.712. The number of carbonyl (C=O) groups is 2. The first kappa shape index (κ1) is 20.5. The second-order valence-electron chi connectivity index (χ2n) is 6.56. The van der Waals surface area contributed by atoms with E-state index in [1.54, 1.807) is 43.3 Å². The van der Waals surface area contributed by atoms with Crippen LogP contribution in [0.3, 0.4) is 0 Å². The van der Waals surface area contributed by atoms with Crippen LogP contribution in [0.5, 0.6) is 5.75 Å². The lowest BCUT2D eigenvalue weighted by molar-refractivity contribution is -0.123. The number of nitrogens with zero attached hydrogens (tertiary/aromatic N) is 1. The van der Waals surface area contributed by atoms with Gasteiger partial charge in [-0.3, -0.25) is 14.5 Å². The molecule has 2 N–H and O–H groups in total. The molecule has 0 aliphatic rings. The van der Waals surface area contributed by atoms with E-state index in [4.69, 9.17) is 4.74 Å². The van der Waals surface area contributed by atoms with Gasteiger partial charge in [-0.15, -0.1) is 0 Å². The summed E-state index contributed by atoms with van der Waals surface area (Å²) in [7, 11) is 3.34. The van der Waals surface area contributed by atoms with Gasteiger partial charge in [0.25, 0.3) is 0 Å². The zero-order valence-electron chi connectivity index (χ0n) is 16.1. The number of nitrogens with one attached hydrogen (secondary N) is 2. The van der Waals surface area contributed by atoms with E-state index in [0.717, 1.165) is 5.75 Å². The Bertz CT molecular complexity index is 732. The Kier molecular flexibility index (Phi) is 7.82. The molecule has 2 rings (SSSR count). The molecule has 0 saturated carbocycles. The van der Waals surface area contributed by atoms with Crippen LogP contribution in [-0.2, 0) is 9.59 Å². The molecule has 2 amide bonds. The molecule has 6 heteroatoms. The maximum Gasteiger partial charge on any atom is 0.238 e. The summed E-state index contributed by atoms with van der Waals surface area (Å²) in [5.74, 6) is 0.691. The summed E-state index contributed by atoms with van der Waals surface area (Å²) < 4.78 is 5.08. The van der Waals surface area contributed by atoms with Crippen LogP contribution in [0.1, 0.15) is 18.4 Å². The van der Waals surface area contributed by atoms with Gasteiger partial charge in [0.2, 0.25) is 11.8 Å². The summed E-state index contributed by atoms with van der Waals surface area (Å²) in [6, 6.07) is 17.1. The van der Waals surface area contributed by atoms with Crippen molar-refractivity contribution >= 4 is 17.5 Å². The number of ether oxygens (including phenoxy) is 1. The molecule has 27 heavy (non-hydrogen) atoms. The van der Waals surface area contributed by atoms with E-state index < -0.39 is 0 Å². The van der Waals surface area contributed by atoms with Crippen LogP contribution >= 0.6 is 0 Å². The molecule has 0 aromatic heterocycles. The smallest absolute Gasteiger partial charge is 0.238 e. The van der Waals surface area contributed by atoms with Gasteiger partial charge in [0.1, 0.15) is 5.75 Å². The first-order valence-electron chi connectivity index (χ1n) is 8.92. The fourth-order valence-corrected chi connectivity index (χ4v) is 2.64. The first-order valence-corrected chi connectivity index (χ1v) is 8.92. The van der Waals surface area contributed by atoms with Gasteiger partial charge in [-0.25, -0.2) is 0 Å². The predicted octanol–water partition coefficient (Wildman–Crippen LogP) is 2.49. The molecule has 0 bridgehead atoms. The van der Waals surface area contributed by atoms with Crippen molar-refractivity contribution < 1.29 is 14.3 Å². The summed E-state index contributed by atoms with van der Waals surface area (Å²) >= 11 is 0. The minimum atomic E-state index is -0.173. The van der Waals surface area contributed by atoms with E-state index in [2.05, 4.69) is 17.6 Å². The molecule has 0 aliphatic carbocycles. The molecule has 2 aromatic rings. The SMILES string of the molecule is COc1ccc(NC(=O)CN(C)CC(=O)NC[C@H](C)c2ccccc2)cc1. The summed E-state index contributed by atoms with van der Waals surface area (Å²) in [6.07, 6.45) is 0. The number of anilines is 1. The summed E-state index contributed by atoms with van der Waals surface area (Å²) in [6.45, 7) is 2.93. The third-order valence-corrected chi connectivity index (χ3v) is 4.17. The fraction of sp³-hybridized carbons (Fsp3) is 0.333. The van der Waals surface area contributed by atoms with Crippen molar-refractivity contribution in [3.63, 3.8) is 0 Å². The summed E-state index contributed by atoms with van der Waals surface area (Å²) in [5.41, 5.74) is 1.88. The lowest BCUT2D eigenvalue weighted by Gasteiger charge is -2.18. The number of carbonyl (C=O) groups excluding carboxylic acids is 2. The van der Waals surface area contributed by atoms with Crippen LogP contribution < -0.4 is 15.4 Å². The first-order chi connectivity index (χ1) is 13.0. The van der Waals surface area contributed by atoms with Gasteiger partial charge < -0.3 is 15.4 Å². The van der Waals surface area contributed by atoms with Crippen LogP contribution in [-0.4, -0.2) is 50.5 Å². The number of hydrogen-bond acceptors (Lipinski definition) is 4. The lowest BCUT2D eigenvalue weighted by Crippen LogP contribution is -2.39. The third-order valence-electron chi connectivity index (χ3n) is 4.17. The molecule has 144 valence electrons. The van der Waals surface area contributed by atoms with Gasteiger partial charge in [-0.05, 0) is 42.8 Å². The highest BCUT2D eigenvalue weighted by atomic mass is 16.5. The van der Waals surface area contributed by atoms with Gasteiger partial charge in [0, 0.05) is 12.2 Å². The fourth-order valence-electron chi connectivity index (χ4n) is 2.64. The van der Waals surface area contributed by atoms with E-state index in [9.17, 15) is 9.59 Å². The highest BCUT2D eigenvalue weighted by Crippen LogP contribution is 2.15. The number of methoxy groups -OCH3 is 1. The zero-order valence-corrected chi connectivity index (χ0v) is 16.1. The molecular weight excluding hydrogens is 342 g/mol. The molecule has 0 radical (unpaired) electrons. The number of hydrogen-bond donors (Lipinski definition) is 2.